The molecule has 314 valence electrons. The highest BCUT2D eigenvalue weighted by atomic mass is 19.1. The number of benzene rings is 3. The normalized spacial score (nSPS) is 21.1. The van der Waals surface area contributed by atoms with E-state index in [9.17, 15) is 28.4 Å². The van der Waals surface area contributed by atoms with Crippen LogP contribution >= 0.6 is 0 Å². The number of alkyl carbamates (subject to hydrolysis) is 1. The van der Waals surface area contributed by atoms with E-state index in [4.69, 9.17) is 23.7 Å². The van der Waals surface area contributed by atoms with Crippen LogP contribution in [0.25, 0.3) is 22.2 Å². The Morgan fingerprint density at radius 3 is 2.14 bits per heavy atom. The number of likely N-dealkylation sites (tertiary alicyclic amines) is 1. The lowest BCUT2D eigenvalue weighted by Crippen LogP contribution is -2.56. The molecule has 1 N–H and O–H groups in total. The molecule has 15 heteroatoms. The number of fused-ring (bicyclic) bond motifs is 1. The summed E-state index contributed by atoms with van der Waals surface area (Å²) in [7, 11) is 0. The molecule has 59 heavy (non-hydrogen) atoms. The number of carbonyl (C=O) groups excluding carboxylic acids is 5. The average molecular weight is 818 g/mol. The van der Waals surface area contributed by atoms with Crippen LogP contribution in [0, 0.1) is 17.0 Å². The summed E-state index contributed by atoms with van der Waals surface area (Å²) in [5.41, 5.74) is 1.96. The molecule has 3 heterocycles. The van der Waals surface area contributed by atoms with E-state index >= 15 is 4.39 Å². The second-order valence-electron chi connectivity index (χ2n) is 15.9. The minimum atomic E-state index is -1.41. The average Bonchev–Trinajstić information content (AvgIpc) is 3.76. The molecule has 0 aliphatic carbocycles. The van der Waals surface area contributed by atoms with Crippen LogP contribution in [-0.2, 0) is 55.9 Å². The maximum Gasteiger partial charge on any atom is 0.408 e. The number of nitrogens with zero attached hydrogens (tertiary/aromatic N) is 2. The molecule has 13 nitrogen and oxygen atoms in total. The van der Waals surface area contributed by atoms with Crippen molar-refractivity contribution < 1.29 is 56.4 Å². The van der Waals surface area contributed by atoms with Crippen LogP contribution in [0.15, 0.2) is 72.8 Å². The number of esters is 3. The first-order valence-electron chi connectivity index (χ1n) is 19.5. The Labute approximate surface area is 340 Å². The molecule has 2 amide bonds. The Bertz CT molecular complexity index is 2190. The van der Waals surface area contributed by atoms with Gasteiger partial charge in [-0.15, -0.1) is 0 Å². The molecule has 0 bridgehead atoms. The molecular weight excluding hydrogens is 768 g/mol. The second kappa shape index (κ2) is 18.0. The molecule has 6 atom stereocenters. The monoisotopic (exact) mass is 817 g/mol. The van der Waals surface area contributed by atoms with E-state index in [0.717, 1.165) is 19.4 Å². The Morgan fingerprint density at radius 1 is 0.847 bits per heavy atom. The van der Waals surface area contributed by atoms with E-state index in [1.165, 1.54) is 31.2 Å². The van der Waals surface area contributed by atoms with E-state index in [2.05, 4.69) is 5.32 Å². The maximum atomic E-state index is 15.4. The molecule has 1 unspecified atom stereocenters. The van der Waals surface area contributed by atoms with Gasteiger partial charge in [0, 0.05) is 38.7 Å². The van der Waals surface area contributed by atoms with Crippen molar-refractivity contribution in [2.45, 2.75) is 104 Å². The van der Waals surface area contributed by atoms with Crippen LogP contribution in [0.5, 0.6) is 0 Å². The zero-order valence-electron chi connectivity index (χ0n) is 33.9. The fourth-order valence-electron chi connectivity index (χ4n) is 7.96. The van der Waals surface area contributed by atoms with Gasteiger partial charge in [0.2, 0.25) is 5.91 Å². The SMILES string of the molecule is CC(=O)OC1[C@@H](OC(C)=O)[C@H](n2c(-c3ccc(F)cc3)c(C[C@@H]3CCCN3C(=O)[C@@H](NC(=O)OCc3ccccc3)C(C)(C)C)c3ccc(F)cc32)OC[C@H]1OC(C)=O. The largest absolute Gasteiger partial charge is 0.456 e. The van der Waals surface area contributed by atoms with E-state index in [0.29, 0.717) is 47.1 Å². The minimum Gasteiger partial charge on any atom is -0.456 e. The van der Waals surface area contributed by atoms with Crippen LogP contribution in [0.4, 0.5) is 13.6 Å². The van der Waals surface area contributed by atoms with Gasteiger partial charge < -0.3 is 38.5 Å². The van der Waals surface area contributed by atoms with E-state index in [1.807, 2.05) is 51.1 Å². The number of aromatic nitrogens is 1. The lowest BCUT2D eigenvalue weighted by Gasteiger charge is -2.41. The Balaban J connectivity index is 1.43. The first-order valence-corrected chi connectivity index (χ1v) is 19.5. The number of nitrogens with one attached hydrogen (secondary N) is 1. The van der Waals surface area contributed by atoms with Crippen molar-refractivity contribution in [3.8, 4) is 11.3 Å². The summed E-state index contributed by atoms with van der Waals surface area (Å²) >= 11 is 0. The molecule has 0 radical (unpaired) electrons. The first-order chi connectivity index (χ1) is 28.0. The lowest BCUT2D eigenvalue weighted by molar-refractivity contribution is -0.238. The molecule has 2 aliphatic rings. The third kappa shape index (κ3) is 9.90. The molecule has 0 saturated carbocycles. The quantitative estimate of drug-likeness (QED) is 0.127. The van der Waals surface area contributed by atoms with Gasteiger partial charge >= 0.3 is 24.0 Å². The summed E-state index contributed by atoms with van der Waals surface area (Å²) in [5.74, 6) is -3.61. The molecular formula is C44H49F2N3O10. The number of halogens is 2. The zero-order chi connectivity index (χ0) is 42.6. The van der Waals surface area contributed by atoms with E-state index in [1.54, 1.807) is 27.7 Å². The number of amides is 2. The van der Waals surface area contributed by atoms with Crippen molar-refractivity contribution in [1.29, 1.82) is 0 Å². The summed E-state index contributed by atoms with van der Waals surface area (Å²) in [4.78, 5) is 66.6. The molecule has 3 aromatic carbocycles. The summed E-state index contributed by atoms with van der Waals surface area (Å²) in [5, 5.41) is 3.37. The molecule has 0 spiro atoms. The van der Waals surface area contributed by atoms with Crippen molar-refractivity contribution in [3.63, 3.8) is 0 Å². The van der Waals surface area contributed by atoms with Gasteiger partial charge in [0.05, 0.1) is 17.8 Å². The Morgan fingerprint density at radius 2 is 1.49 bits per heavy atom. The smallest absolute Gasteiger partial charge is 0.408 e. The predicted molar refractivity (Wildman–Crippen MR) is 210 cm³/mol. The Kier molecular flexibility index (Phi) is 13.0. The highest BCUT2D eigenvalue weighted by molar-refractivity contribution is 5.93. The van der Waals surface area contributed by atoms with Crippen molar-refractivity contribution in [3.05, 3.63) is 95.6 Å². The molecule has 1 aromatic heterocycles. The van der Waals surface area contributed by atoms with Crippen LogP contribution in [0.3, 0.4) is 0 Å². The van der Waals surface area contributed by atoms with Crippen LogP contribution in [0.2, 0.25) is 0 Å². The van der Waals surface area contributed by atoms with Crippen LogP contribution in [-0.4, -0.2) is 82.9 Å². The van der Waals surface area contributed by atoms with Gasteiger partial charge in [0.15, 0.2) is 24.5 Å². The Hall–Kier alpha value is -5.83. The summed E-state index contributed by atoms with van der Waals surface area (Å²) in [6, 6.07) is 17.6. The zero-order valence-corrected chi connectivity index (χ0v) is 33.9. The number of hydrogen-bond acceptors (Lipinski definition) is 10. The van der Waals surface area contributed by atoms with Crippen molar-refractivity contribution in [2.75, 3.05) is 13.2 Å². The van der Waals surface area contributed by atoms with E-state index in [-0.39, 0.29) is 25.5 Å². The maximum absolute atomic E-state index is 15.4. The molecule has 4 aromatic rings. The fraction of sp³-hybridized carbons (Fsp3) is 0.432. The van der Waals surface area contributed by atoms with Gasteiger partial charge in [-0.25, -0.2) is 13.6 Å². The lowest BCUT2D eigenvalue weighted by atomic mass is 9.85. The third-order valence-corrected chi connectivity index (χ3v) is 10.5. The minimum absolute atomic E-state index is 0.0238. The van der Waals surface area contributed by atoms with Gasteiger partial charge in [-0.05, 0) is 83.8 Å². The van der Waals surface area contributed by atoms with Crippen LogP contribution in [0.1, 0.15) is 71.7 Å². The number of carbonyl (C=O) groups is 5. The fourth-order valence-corrected chi connectivity index (χ4v) is 7.96. The number of hydrogen-bond donors (Lipinski definition) is 1. The molecule has 2 saturated heterocycles. The number of rotatable bonds is 11. The van der Waals surface area contributed by atoms with Gasteiger partial charge in [0.25, 0.3) is 0 Å². The van der Waals surface area contributed by atoms with Gasteiger partial charge in [-0.2, -0.15) is 0 Å². The number of ether oxygens (including phenoxy) is 5. The molecule has 6 rings (SSSR count). The van der Waals surface area contributed by atoms with Crippen molar-refractivity contribution in [2.24, 2.45) is 5.41 Å². The highest BCUT2D eigenvalue weighted by Crippen LogP contribution is 2.43. The van der Waals surface area contributed by atoms with Gasteiger partial charge in [-0.3, -0.25) is 19.2 Å². The van der Waals surface area contributed by atoms with Crippen LogP contribution < -0.4 is 5.32 Å². The standard InChI is InChI=1S/C44H49F2N3O10/c1-25(50)57-36-24-55-42(39(59-27(3)52)38(36)58-26(2)51)49-35-21-31(46)18-19-33(35)34(37(49)29-14-16-30(45)17-15-29)22-32-13-10-20-48(32)41(53)40(44(4,5)6)47-43(54)56-23-28-11-8-7-9-12-28/h7-9,11-12,14-19,21,32,36,38-40,42H,10,13,20,22-24H2,1-6H3,(H,47,54)/t32-,36+,38?,39+,40+,42+/m0/s1. The molecule has 2 fully saturated rings. The summed E-state index contributed by atoms with van der Waals surface area (Å²) in [6.07, 6.45) is -4.45. The summed E-state index contributed by atoms with van der Waals surface area (Å²) in [6.45, 7) is 9.17. The second-order valence-corrected chi connectivity index (χ2v) is 15.9. The third-order valence-electron chi connectivity index (χ3n) is 10.5. The van der Waals surface area contributed by atoms with E-state index < -0.39 is 77.7 Å². The van der Waals surface area contributed by atoms with Crippen molar-refractivity contribution in [1.82, 2.24) is 14.8 Å². The first kappa shape index (κ1) is 42.8. The van der Waals surface area contributed by atoms with Gasteiger partial charge in [0.1, 0.15) is 24.3 Å². The highest BCUT2D eigenvalue weighted by Gasteiger charge is 2.49. The molecule has 2 aliphatic heterocycles. The van der Waals surface area contributed by atoms with Gasteiger partial charge in [-0.1, -0.05) is 51.1 Å². The topological polar surface area (TPSA) is 152 Å². The summed E-state index contributed by atoms with van der Waals surface area (Å²) < 4.78 is 60.2. The predicted octanol–water partition coefficient (Wildman–Crippen LogP) is 6.79. The van der Waals surface area contributed by atoms with Crippen molar-refractivity contribution >= 4 is 40.8 Å².